The highest BCUT2D eigenvalue weighted by atomic mass is 35.5. The minimum Gasteiger partial charge on any atom is -0.495 e. The lowest BCUT2D eigenvalue weighted by atomic mass is 9.99. The van der Waals surface area contributed by atoms with E-state index in [0.29, 0.717) is 22.9 Å². The molecule has 32 heavy (non-hydrogen) atoms. The van der Waals surface area contributed by atoms with Crippen LogP contribution in [0.15, 0.2) is 29.2 Å². The summed E-state index contributed by atoms with van der Waals surface area (Å²) in [6, 6.07) is 4.95. The Labute approximate surface area is 195 Å². The number of methoxy groups -OCH3 is 1. The Morgan fingerprint density at radius 3 is 2.69 bits per heavy atom. The number of nitro benzene ring substituents is 1. The fourth-order valence-electron chi connectivity index (χ4n) is 3.57. The lowest BCUT2D eigenvalue weighted by Gasteiger charge is -2.21. The predicted molar refractivity (Wildman–Crippen MR) is 117 cm³/mol. The second-order valence-corrected chi connectivity index (χ2v) is 9.24. The molecule has 2 aromatic carbocycles. The second-order valence-electron chi connectivity index (χ2n) is 7.09. The predicted octanol–water partition coefficient (Wildman–Crippen LogP) is 4.42. The summed E-state index contributed by atoms with van der Waals surface area (Å²) in [6.45, 7) is 0.614. The minimum atomic E-state index is -4.54. The number of fused-ring (bicyclic) bond motifs is 1. The van der Waals surface area contributed by atoms with Crippen LogP contribution >= 0.6 is 23.2 Å². The van der Waals surface area contributed by atoms with Gasteiger partial charge in [0.2, 0.25) is 0 Å². The monoisotopic (exact) mass is 505 g/mol. The zero-order chi connectivity index (χ0) is 23.5. The topological polar surface area (TPSA) is 125 Å². The first kappa shape index (κ1) is 24.7. The summed E-state index contributed by atoms with van der Waals surface area (Å²) in [5.74, 6) is 0.473. The van der Waals surface area contributed by atoms with Crippen molar-refractivity contribution in [3.05, 3.63) is 61.1 Å². The number of aryl methyl sites for hydroxylation is 1. The molecule has 0 aromatic heterocycles. The molecule has 1 N–H and O–H groups in total. The SMILES string of the molecule is COc1cc2c(c(Cl)c1Cl)C(COCCc1cc([N+](=O)[O-])ccc1S(=O)(=O)O)OCCC2. The maximum atomic E-state index is 11.6. The molecule has 1 aliphatic heterocycles. The Morgan fingerprint density at radius 2 is 2.03 bits per heavy atom. The van der Waals surface area contributed by atoms with Crippen molar-refractivity contribution in [2.45, 2.75) is 30.3 Å². The zero-order valence-electron chi connectivity index (χ0n) is 17.0. The van der Waals surface area contributed by atoms with Gasteiger partial charge in [0.15, 0.2) is 0 Å². The van der Waals surface area contributed by atoms with Crippen LogP contribution in [0.3, 0.4) is 0 Å². The molecule has 3 rings (SSSR count). The van der Waals surface area contributed by atoms with Gasteiger partial charge in [-0.3, -0.25) is 14.7 Å². The number of nitrogens with zero attached hydrogens (tertiary/aromatic N) is 1. The minimum absolute atomic E-state index is 0.0213. The van der Waals surface area contributed by atoms with Gasteiger partial charge in [0.25, 0.3) is 15.8 Å². The third kappa shape index (κ3) is 5.51. The van der Waals surface area contributed by atoms with Gasteiger partial charge in [0.1, 0.15) is 16.9 Å². The quantitative estimate of drug-likeness (QED) is 0.241. The molecule has 0 saturated heterocycles. The Bertz CT molecular complexity index is 1120. The zero-order valence-corrected chi connectivity index (χ0v) is 19.4. The van der Waals surface area contributed by atoms with Crippen LogP contribution in [-0.4, -0.2) is 44.8 Å². The van der Waals surface area contributed by atoms with Gasteiger partial charge in [-0.2, -0.15) is 8.42 Å². The smallest absolute Gasteiger partial charge is 0.294 e. The number of rotatable bonds is 8. The average molecular weight is 506 g/mol. The van der Waals surface area contributed by atoms with Crippen LogP contribution in [0.1, 0.15) is 29.2 Å². The number of hydrogen-bond acceptors (Lipinski definition) is 7. The van der Waals surface area contributed by atoms with E-state index in [4.69, 9.17) is 37.4 Å². The lowest BCUT2D eigenvalue weighted by molar-refractivity contribution is -0.385. The molecule has 0 amide bonds. The standard InChI is InChI=1S/C20H21Cl2NO8S/c1-29-15-10-13-3-2-7-31-16(18(13)20(22)19(15)21)11-30-8-6-12-9-14(23(24)25)4-5-17(12)32(26,27)28/h4-5,9-10,16H,2-3,6-8,11H2,1H3,(H,26,27,28). The molecule has 174 valence electrons. The van der Waals surface area contributed by atoms with E-state index in [1.807, 2.05) is 6.07 Å². The first-order valence-corrected chi connectivity index (χ1v) is 11.8. The summed E-state index contributed by atoms with van der Waals surface area (Å²) >= 11 is 12.8. The van der Waals surface area contributed by atoms with Gasteiger partial charge >= 0.3 is 0 Å². The van der Waals surface area contributed by atoms with Crippen molar-refractivity contribution < 1.29 is 32.1 Å². The molecule has 0 radical (unpaired) electrons. The summed E-state index contributed by atoms with van der Waals surface area (Å²) in [5, 5.41) is 11.6. The highest BCUT2D eigenvalue weighted by Crippen LogP contribution is 2.42. The number of ether oxygens (including phenoxy) is 3. The molecule has 0 spiro atoms. The van der Waals surface area contributed by atoms with Crippen LogP contribution in [0.4, 0.5) is 5.69 Å². The van der Waals surface area contributed by atoms with Gasteiger partial charge in [0, 0.05) is 24.3 Å². The van der Waals surface area contributed by atoms with E-state index in [2.05, 4.69) is 0 Å². The van der Waals surface area contributed by atoms with E-state index in [1.54, 1.807) is 0 Å². The highest BCUT2D eigenvalue weighted by molar-refractivity contribution is 7.85. The normalized spacial score (nSPS) is 16.3. The first-order chi connectivity index (χ1) is 15.1. The summed E-state index contributed by atoms with van der Waals surface area (Å²) in [4.78, 5) is 9.98. The molecule has 0 aliphatic carbocycles. The van der Waals surface area contributed by atoms with E-state index in [9.17, 15) is 23.1 Å². The number of non-ortho nitro benzene ring substituents is 1. The second kappa shape index (κ2) is 10.3. The van der Waals surface area contributed by atoms with Gasteiger partial charge in [0.05, 0.1) is 35.2 Å². The molecule has 0 fully saturated rings. The molecule has 2 aromatic rings. The molecular formula is C20H21Cl2NO8S. The summed E-state index contributed by atoms with van der Waals surface area (Å²) in [5.41, 5.74) is 1.44. The number of benzene rings is 2. The van der Waals surface area contributed by atoms with E-state index < -0.39 is 26.0 Å². The van der Waals surface area contributed by atoms with Crippen LogP contribution in [0, 0.1) is 10.1 Å². The van der Waals surface area contributed by atoms with Crippen LogP contribution in [0.2, 0.25) is 10.0 Å². The molecule has 12 heteroatoms. The van der Waals surface area contributed by atoms with Gasteiger partial charge in [-0.25, -0.2) is 0 Å². The fraction of sp³-hybridized carbons (Fsp3) is 0.400. The van der Waals surface area contributed by atoms with Crippen molar-refractivity contribution in [3.63, 3.8) is 0 Å². The van der Waals surface area contributed by atoms with E-state index in [1.165, 1.54) is 7.11 Å². The van der Waals surface area contributed by atoms with Crippen LogP contribution in [0.25, 0.3) is 0 Å². The van der Waals surface area contributed by atoms with E-state index in [-0.39, 0.29) is 35.9 Å². The van der Waals surface area contributed by atoms with Crippen LogP contribution in [-0.2, 0) is 32.4 Å². The summed E-state index contributed by atoms with van der Waals surface area (Å²) in [7, 11) is -3.04. The third-order valence-electron chi connectivity index (χ3n) is 5.07. The Morgan fingerprint density at radius 1 is 1.28 bits per heavy atom. The van der Waals surface area contributed by atoms with Gasteiger partial charge in [-0.1, -0.05) is 23.2 Å². The first-order valence-electron chi connectivity index (χ1n) is 9.62. The fourth-order valence-corrected chi connectivity index (χ4v) is 4.87. The van der Waals surface area contributed by atoms with Gasteiger partial charge in [-0.05, 0) is 42.5 Å². The van der Waals surface area contributed by atoms with E-state index >= 15 is 0 Å². The number of nitro groups is 1. The van der Waals surface area contributed by atoms with Gasteiger partial charge < -0.3 is 14.2 Å². The summed E-state index contributed by atoms with van der Waals surface area (Å²) < 4.78 is 49.5. The van der Waals surface area contributed by atoms with Crippen molar-refractivity contribution in [2.24, 2.45) is 0 Å². The molecule has 0 saturated carbocycles. The molecule has 0 bridgehead atoms. The average Bonchev–Trinajstić information content (AvgIpc) is 2.95. The van der Waals surface area contributed by atoms with Crippen molar-refractivity contribution in [3.8, 4) is 5.75 Å². The number of hydrogen-bond donors (Lipinski definition) is 1. The Kier molecular flexibility index (Phi) is 7.97. The Balaban J connectivity index is 1.75. The molecule has 1 atom stereocenters. The largest absolute Gasteiger partial charge is 0.495 e. The number of halogens is 2. The molecular weight excluding hydrogens is 485 g/mol. The van der Waals surface area contributed by atoms with Crippen LogP contribution in [0.5, 0.6) is 5.75 Å². The summed E-state index contributed by atoms with van der Waals surface area (Å²) in [6.07, 6.45) is 1.02. The van der Waals surface area contributed by atoms with Crippen LogP contribution < -0.4 is 4.74 Å². The molecule has 1 heterocycles. The molecule has 1 unspecified atom stereocenters. The maximum Gasteiger partial charge on any atom is 0.294 e. The van der Waals surface area contributed by atoms with Crippen molar-refractivity contribution in [2.75, 3.05) is 26.9 Å². The van der Waals surface area contributed by atoms with Crippen molar-refractivity contribution in [1.29, 1.82) is 0 Å². The maximum absolute atomic E-state index is 11.6. The molecule has 1 aliphatic rings. The van der Waals surface area contributed by atoms with Gasteiger partial charge in [-0.15, -0.1) is 0 Å². The van der Waals surface area contributed by atoms with Crippen molar-refractivity contribution >= 4 is 39.0 Å². The highest BCUT2D eigenvalue weighted by Gasteiger charge is 2.26. The lowest BCUT2D eigenvalue weighted by Crippen LogP contribution is -2.15. The third-order valence-corrected chi connectivity index (χ3v) is 6.88. The van der Waals surface area contributed by atoms with E-state index in [0.717, 1.165) is 36.6 Å². The van der Waals surface area contributed by atoms with Crippen molar-refractivity contribution in [1.82, 2.24) is 0 Å². The molecule has 9 nitrogen and oxygen atoms in total. The Hall–Kier alpha value is -1.95.